The van der Waals surface area contributed by atoms with Crippen LogP contribution in [0.2, 0.25) is 0 Å². The molecule has 0 saturated carbocycles. The highest BCUT2D eigenvalue weighted by Crippen LogP contribution is 2.27. The van der Waals surface area contributed by atoms with Crippen molar-refractivity contribution in [3.05, 3.63) is 27.9 Å². The van der Waals surface area contributed by atoms with Crippen molar-refractivity contribution in [2.24, 2.45) is 5.73 Å². The van der Waals surface area contributed by atoms with Crippen LogP contribution in [0.3, 0.4) is 0 Å². The minimum absolute atomic E-state index is 0.130. The first-order valence-corrected chi connectivity index (χ1v) is 6.80. The lowest BCUT2D eigenvalue weighted by Gasteiger charge is -2.08. The molecule has 15 heavy (non-hydrogen) atoms. The van der Waals surface area contributed by atoms with Gasteiger partial charge in [0.1, 0.15) is 0 Å². The molecule has 0 fully saturated rings. The van der Waals surface area contributed by atoms with Crippen LogP contribution < -0.4 is 5.73 Å². The van der Waals surface area contributed by atoms with E-state index in [1.54, 1.807) is 6.07 Å². The molecule has 0 atom stereocenters. The van der Waals surface area contributed by atoms with E-state index in [2.05, 4.69) is 0 Å². The van der Waals surface area contributed by atoms with Crippen LogP contribution in [0.15, 0.2) is 6.07 Å². The van der Waals surface area contributed by atoms with E-state index in [1.165, 1.54) is 0 Å². The largest absolute Gasteiger partial charge is 0.478 e. The lowest BCUT2D eigenvalue weighted by molar-refractivity contribution is 0.0694. The molecule has 0 heterocycles. The molecule has 1 aromatic rings. The van der Waals surface area contributed by atoms with E-state index in [9.17, 15) is 9.59 Å². The third kappa shape index (κ3) is 2.72. The molecule has 0 aromatic heterocycles. The molecule has 4 nitrogen and oxygen atoms in total. The van der Waals surface area contributed by atoms with Crippen LogP contribution in [0.1, 0.15) is 20.7 Å². The summed E-state index contributed by atoms with van der Waals surface area (Å²) in [5.74, 6) is -1.66. The van der Waals surface area contributed by atoms with Gasteiger partial charge < -0.3 is 10.8 Å². The second-order valence-corrected chi connectivity index (χ2v) is 5.98. The lowest BCUT2D eigenvalue weighted by Crippen LogP contribution is -2.18. The van der Waals surface area contributed by atoms with Gasteiger partial charge in [-0.15, -0.1) is 0 Å². The van der Waals surface area contributed by atoms with E-state index in [4.69, 9.17) is 10.8 Å². The standard InChI is InChI=1S/C8H4I3NO3/c9-2-1-3(10)5(8(14)15)6(11)4(2)7(12)13/h1H,(H2,12,13)(H,14,15). The molecule has 80 valence electrons. The molecule has 0 saturated heterocycles. The second kappa shape index (κ2) is 5.12. The van der Waals surface area contributed by atoms with Crippen molar-refractivity contribution in [3.63, 3.8) is 0 Å². The molecular weight excluding hydrogens is 539 g/mol. The van der Waals surface area contributed by atoms with Crippen molar-refractivity contribution in [1.82, 2.24) is 0 Å². The number of hydrogen-bond acceptors (Lipinski definition) is 2. The molecule has 1 amide bonds. The molecular formula is C8H4I3NO3. The van der Waals surface area contributed by atoms with Crippen molar-refractivity contribution in [1.29, 1.82) is 0 Å². The molecule has 1 aromatic carbocycles. The van der Waals surface area contributed by atoms with Gasteiger partial charge >= 0.3 is 5.97 Å². The summed E-state index contributed by atoms with van der Waals surface area (Å²) in [4.78, 5) is 22.1. The molecule has 0 spiro atoms. The number of carboxylic acid groups (broad SMARTS) is 1. The molecule has 0 aliphatic heterocycles. The number of carbonyl (C=O) groups excluding carboxylic acids is 1. The quantitative estimate of drug-likeness (QED) is 0.563. The Kier molecular flexibility index (Phi) is 4.58. The molecule has 0 aliphatic carbocycles. The number of aromatic carboxylic acids is 1. The van der Waals surface area contributed by atoms with Crippen molar-refractivity contribution >= 4 is 79.6 Å². The van der Waals surface area contributed by atoms with E-state index in [-0.39, 0.29) is 11.1 Å². The number of carboxylic acids is 1. The lowest BCUT2D eigenvalue weighted by atomic mass is 10.1. The van der Waals surface area contributed by atoms with Crippen molar-refractivity contribution in [2.75, 3.05) is 0 Å². The number of hydrogen-bond donors (Lipinski definition) is 2. The fourth-order valence-electron chi connectivity index (χ4n) is 1.01. The maximum atomic E-state index is 11.1. The minimum Gasteiger partial charge on any atom is -0.478 e. The predicted octanol–water partition coefficient (Wildman–Crippen LogP) is 2.30. The topological polar surface area (TPSA) is 80.4 Å². The zero-order chi connectivity index (χ0) is 11.7. The first-order valence-electron chi connectivity index (χ1n) is 3.56. The summed E-state index contributed by atoms with van der Waals surface area (Å²) >= 11 is 5.72. The number of benzene rings is 1. The van der Waals surface area contributed by atoms with Crippen molar-refractivity contribution < 1.29 is 14.7 Å². The third-order valence-corrected chi connectivity index (χ3v) is 4.41. The molecule has 1 rings (SSSR count). The summed E-state index contributed by atoms with van der Waals surface area (Å²) in [5, 5.41) is 8.98. The highest BCUT2D eigenvalue weighted by Gasteiger charge is 2.21. The monoisotopic (exact) mass is 543 g/mol. The zero-order valence-electron chi connectivity index (χ0n) is 7.05. The first kappa shape index (κ1) is 13.4. The number of nitrogens with two attached hydrogens (primary N) is 1. The summed E-state index contributed by atoms with van der Waals surface area (Å²) < 4.78 is 1.65. The van der Waals surface area contributed by atoms with Gasteiger partial charge in [-0.1, -0.05) is 0 Å². The fourth-order valence-corrected chi connectivity index (χ4v) is 5.38. The Bertz CT molecular complexity index is 421. The van der Waals surface area contributed by atoms with E-state index in [1.807, 2.05) is 67.8 Å². The Hall–Kier alpha value is 0.350. The molecule has 3 N–H and O–H groups in total. The van der Waals surface area contributed by atoms with Crippen LogP contribution in [-0.4, -0.2) is 17.0 Å². The molecule has 0 unspecified atom stereocenters. The van der Waals surface area contributed by atoms with E-state index < -0.39 is 11.9 Å². The number of rotatable bonds is 2. The van der Waals surface area contributed by atoms with Crippen molar-refractivity contribution in [3.8, 4) is 0 Å². The third-order valence-electron chi connectivity index (χ3n) is 1.63. The average Bonchev–Trinajstić information content (AvgIpc) is 1.99. The van der Waals surface area contributed by atoms with Gasteiger partial charge in [0.05, 0.1) is 11.1 Å². The Labute approximate surface area is 126 Å². The van der Waals surface area contributed by atoms with E-state index in [0.717, 1.165) is 0 Å². The average molecular weight is 543 g/mol. The van der Waals surface area contributed by atoms with Gasteiger partial charge in [-0.25, -0.2) is 4.79 Å². The summed E-state index contributed by atoms with van der Waals surface area (Å²) in [5.41, 5.74) is 5.59. The van der Waals surface area contributed by atoms with Gasteiger partial charge in [-0.3, -0.25) is 4.79 Å². The van der Waals surface area contributed by atoms with E-state index in [0.29, 0.717) is 10.7 Å². The minimum atomic E-state index is -1.05. The van der Waals surface area contributed by atoms with Gasteiger partial charge in [-0.05, 0) is 73.8 Å². The van der Waals surface area contributed by atoms with Crippen LogP contribution >= 0.6 is 67.8 Å². The zero-order valence-corrected chi connectivity index (χ0v) is 13.5. The highest BCUT2D eigenvalue weighted by molar-refractivity contribution is 14.1. The van der Waals surface area contributed by atoms with Gasteiger partial charge in [0.15, 0.2) is 0 Å². The van der Waals surface area contributed by atoms with Crippen LogP contribution in [-0.2, 0) is 0 Å². The van der Waals surface area contributed by atoms with Crippen LogP contribution in [0.25, 0.3) is 0 Å². The Morgan fingerprint density at radius 3 is 2.00 bits per heavy atom. The van der Waals surface area contributed by atoms with Crippen LogP contribution in [0, 0.1) is 10.7 Å². The summed E-state index contributed by atoms with van der Waals surface area (Å²) in [6.07, 6.45) is 0. The number of primary amides is 1. The Balaban J connectivity index is 3.64. The molecule has 0 radical (unpaired) electrons. The smallest absolute Gasteiger partial charge is 0.337 e. The second-order valence-electron chi connectivity index (χ2n) is 2.57. The highest BCUT2D eigenvalue weighted by atomic mass is 127. The van der Waals surface area contributed by atoms with Gasteiger partial charge in [0, 0.05) is 10.7 Å². The maximum Gasteiger partial charge on any atom is 0.337 e. The SMILES string of the molecule is NC(=O)c1c(I)cc(I)c(C(=O)O)c1I. The van der Waals surface area contributed by atoms with E-state index >= 15 is 0 Å². The van der Waals surface area contributed by atoms with Gasteiger partial charge in [0.25, 0.3) is 5.91 Å². The first-order chi connectivity index (χ1) is 6.86. The normalized spacial score (nSPS) is 10.1. The molecule has 7 heteroatoms. The predicted molar refractivity (Wildman–Crippen MR) is 80.1 cm³/mol. The molecule has 0 aliphatic rings. The van der Waals surface area contributed by atoms with Gasteiger partial charge in [0.2, 0.25) is 0 Å². The number of halogens is 3. The maximum absolute atomic E-state index is 11.1. The number of amides is 1. The fraction of sp³-hybridized carbons (Fsp3) is 0. The summed E-state index contributed by atoms with van der Waals surface area (Å²) in [7, 11) is 0. The summed E-state index contributed by atoms with van der Waals surface area (Å²) in [6.45, 7) is 0. The summed E-state index contributed by atoms with van der Waals surface area (Å²) in [6, 6.07) is 1.63. The molecule has 0 bridgehead atoms. The van der Waals surface area contributed by atoms with Crippen LogP contribution in [0.4, 0.5) is 0 Å². The van der Waals surface area contributed by atoms with Gasteiger partial charge in [-0.2, -0.15) is 0 Å². The Morgan fingerprint density at radius 2 is 1.60 bits per heavy atom. The van der Waals surface area contributed by atoms with Crippen LogP contribution in [0.5, 0.6) is 0 Å². The Morgan fingerprint density at radius 1 is 1.13 bits per heavy atom. The number of carbonyl (C=O) groups is 2. The van der Waals surface area contributed by atoms with Crippen molar-refractivity contribution in [2.45, 2.75) is 0 Å².